The number of hydrogen-bond donors (Lipinski definition) is 0. The van der Waals surface area contributed by atoms with Gasteiger partial charge in [-0.05, 0) is 23.4 Å². The zero-order valence-corrected chi connectivity index (χ0v) is 10.7. The summed E-state index contributed by atoms with van der Waals surface area (Å²) in [5.41, 5.74) is 1.44. The molecule has 0 spiro atoms. The molecule has 1 aliphatic rings. The van der Waals surface area contributed by atoms with Crippen LogP contribution >= 0.6 is 22.9 Å². The summed E-state index contributed by atoms with van der Waals surface area (Å²) in [6, 6.07) is 14.8. The highest BCUT2D eigenvalue weighted by atomic mass is 35.5. The first-order valence-corrected chi connectivity index (χ1v) is 6.71. The molecule has 0 radical (unpaired) electrons. The minimum atomic E-state index is -0.178. The lowest BCUT2D eigenvalue weighted by Crippen LogP contribution is -2.12. The second-order valence-corrected chi connectivity index (χ2v) is 6.25. The monoisotopic (exact) mass is 248 g/mol. The molecule has 1 aliphatic carbocycles. The van der Waals surface area contributed by atoms with Gasteiger partial charge < -0.3 is 0 Å². The average Bonchev–Trinajstić information content (AvgIpc) is 2.75. The van der Waals surface area contributed by atoms with E-state index in [4.69, 9.17) is 11.6 Å². The summed E-state index contributed by atoms with van der Waals surface area (Å²) in [7, 11) is 0. The van der Waals surface area contributed by atoms with Gasteiger partial charge in [0.05, 0.1) is 4.87 Å². The van der Waals surface area contributed by atoms with Gasteiger partial charge in [0.15, 0.2) is 0 Å². The van der Waals surface area contributed by atoms with Crippen molar-refractivity contribution in [3.63, 3.8) is 0 Å². The lowest BCUT2D eigenvalue weighted by atomic mass is 9.95. The second kappa shape index (κ2) is 3.35. The fourth-order valence-electron chi connectivity index (χ4n) is 2.44. The Balaban J connectivity index is 2.00. The summed E-state index contributed by atoms with van der Waals surface area (Å²) < 4.78 is 0. The molecule has 0 nitrogen and oxygen atoms in total. The molecule has 0 saturated heterocycles. The molecule has 0 bridgehead atoms. The molecule has 1 fully saturated rings. The van der Waals surface area contributed by atoms with Crippen molar-refractivity contribution in [3.8, 4) is 0 Å². The van der Waals surface area contributed by atoms with E-state index in [1.165, 1.54) is 10.4 Å². The Morgan fingerprint density at radius 2 is 1.88 bits per heavy atom. The van der Waals surface area contributed by atoms with Crippen LogP contribution in [-0.2, 0) is 10.3 Å². The van der Waals surface area contributed by atoms with E-state index in [0.29, 0.717) is 0 Å². The van der Waals surface area contributed by atoms with Gasteiger partial charge in [-0.2, -0.15) is 0 Å². The van der Waals surface area contributed by atoms with Crippen molar-refractivity contribution in [1.29, 1.82) is 0 Å². The number of alkyl halides is 1. The molecule has 82 valence electrons. The fraction of sp³-hybridized carbons (Fsp3) is 0.286. The van der Waals surface area contributed by atoms with E-state index in [9.17, 15) is 0 Å². The average molecular weight is 249 g/mol. The molecule has 0 aliphatic heterocycles. The van der Waals surface area contributed by atoms with Gasteiger partial charge in [-0.1, -0.05) is 43.3 Å². The summed E-state index contributed by atoms with van der Waals surface area (Å²) in [4.78, 5) is 1.11. The van der Waals surface area contributed by atoms with Crippen LogP contribution in [0, 0.1) is 0 Å². The first-order valence-electron chi connectivity index (χ1n) is 5.45. The van der Waals surface area contributed by atoms with E-state index in [1.54, 1.807) is 11.3 Å². The molecule has 0 N–H and O–H groups in total. The van der Waals surface area contributed by atoms with E-state index in [-0.39, 0.29) is 10.3 Å². The van der Waals surface area contributed by atoms with Crippen molar-refractivity contribution in [2.45, 2.75) is 23.6 Å². The Morgan fingerprint density at radius 1 is 1.12 bits per heavy atom. The van der Waals surface area contributed by atoms with Crippen LogP contribution in [0.4, 0.5) is 0 Å². The van der Waals surface area contributed by atoms with Crippen molar-refractivity contribution < 1.29 is 0 Å². The number of rotatable bonds is 2. The summed E-state index contributed by atoms with van der Waals surface area (Å²) in [5, 5.41) is 2.10. The molecule has 1 aromatic carbocycles. The predicted molar refractivity (Wildman–Crippen MR) is 70.3 cm³/mol. The van der Waals surface area contributed by atoms with Gasteiger partial charge in [0, 0.05) is 10.3 Å². The third-order valence-corrected chi connectivity index (χ3v) is 5.57. The quantitative estimate of drug-likeness (QED) is 0.685. The number of hydrogen-bond acceptors (Lipinski definition) is 1. The van der Waals surface area contributed by atoms with Crippen molar-refractivity contribution in [1.82, 2.24) is 0 Å². The maximum Gasteiger partial charge on any atom is 0.0890 e. The molecule has 2 atom stereocenters. The van der Waals surface area contributed by atoms with Gasteiger partial charge in [0.1, 0.15) is 0 Å². The molecule has 2 aromatic rings. The van der Waals surface area contributed by atoms with E-state index < -0.39 is 0 Å². The first-order chi connectivity index (χ1) is 7.67. The van der Waals surface area contributed by atoms with Crippen LogP contribution in [-0.4, -0.2) is 0 Å². The number of thiophene rings is 1. The predicted octanol–water partition coefficient (Wildman–Crippen LogP) is 4.54. The molecule has 16 heavy (non-hydrogen) atoms. The molecule has 1 heterocycles. The zero-order valence-electron chi connectivity index (χ0n) is 9.11. The van der Waals surface area contributed by atoms with Gasteiger partial charge >= 0.3 is 0 Å². The first kappa shape index (κ1) is 10.4. The molecule has 1 saturated carbocycles. The maximum atomic E-state index is 6.76. The van der Waals surface area contributed by atoms with Gasteiger partial charge in [0.2, 0.25) is 0 Å². The Bertz CT molecular complexity index is 491. The SMILES string of the molecule is C[C@]1(c2ccccc2)C[C@]1(Cl)c1cccs1. The van der Waals surface area contributed by atoms with Crippen LogP contribution in [0.15, 0.2) is 47.8 Å². The minimum absolute atomic E-state index is 0.0979. The summed E-state index contributed by atoms with van der Waals surface area (Å²) in [5.74, 6) is 0. The van der Waals surface area contributed by atoms with Crippen molar-refractivity contribution in [3.05, 3.63) is 58.3 Å². The van der Waals surface area contributed by atoms with Crippen LogP contribution in [0.5, 0.6) is 0 Å². The van der Waals surface area contributed by atoms with Crippen LogP contribution in [0.2, 0.25) is 0 Å². The van der Waals surface area contributed by atoms with E-state index in [1.807, 2.05) is 0 Å². The van der Waals surface area contributed by atoms with Crippen molar-refractivity contribution >= 4 is 22.9 Å². The van der Waals surface area contributed by atoms with Crippen LogP contribution in [0.3, 0.4) is 0 Å². The highest BCUT2D eigenvalue weighted by Gasteiger charge is 2.65. The van der Waals surface area contributed by atoms with Crippen molar-refractivity contribution in [2.75, 3.05) is 0 Å². The summed E-state index contributed by atoms with van der Waals surface area (Å²) in [6.45, 7) is 2.26. The Morgan fingerprint density at radius 3 is 2.50 bits per heavy atom. The molecular weight excluding hydrogens is 236 g/mol. The molecular formula is C14H13ClS. The van der Waals surface area contributed by atoms with Gasteiger partial charge in [-0.3, -0.25) is 0 Å². The number of halogens is 1. The highest BCUT2D eigenvalue weighted by Crippen LogP contribution is 2.68. The molecule has 1 aromatic heterocycles. The van der Waals surface area contributed by atoms with Crippen LogP contribution in [0.25, 0.3) is 0 Å². The van der Waals surface area contributed by atoms with Crippen molar-refractivity contribution in [2.24, 2.45) is 0 Å². The normalized spacial score (nSPS) is 32.6. The molecule has 0 unspecified atom stereocenters. The Labute approximate surface area is 105 Å². The summed E-state index contributed by atoms with van der Waals surface area (Å²) >= 11 is 8.52. The zero-order chi connectivity index (χ0) is 11.2. The maximum absolute atomic E-state index is 6.76. The third-order valence-electron chi connectivity index (χ3n) is 3.67. The topological polar surface area (TPSA) is 0 Å². The second-order valence-electron chi connectivity index (χ2n) is 4.65. The van der Waals surface area contributed by atoms with Crippen LogP contribution < -0.4 is 0 Å². The van der Waals surface area contributed by atoms with E-state index >= 15 is 0 Å². The van der Waals surface area contributed by atoms with Gasteiger partial charge in [0.25, 0.3) is 0 Å². The summed E-state index contributed by atoms with van der Waals surface area (Å²) in [6.07, 6.45) is 1.03. The molecule has 0 amide bonds. The Hall–Kier alpha value is -0.790. The molecule has 3 rings (SSSR count). The van der Waals surface area contributed by atoms with Gasteiger partial charge in [-0.25, -0.2) is 0 Å². The minimum Gasteiger partial charge on any atom is -0.147 e. The smallest absolute Gasteiger partial charge is 0.0890 e. The Kier molecular flexibility index (Phi) is 2.17. The third kappa shape index (κ3) is 1.28. The highest BCUT2D eigenvalue weighted by molar-refractivity contribution is 7.10. The fourth-order valence-corrected chi connectivity index (χ4v) is 3.96. The largest absolute Gasteiger partial charge is 0.147 e. The standard InChI is InChI=1S/C14H13ClS/c1-13(11-6-3-2-4-7-11)10-14(13,15)12-8-5-9-16-12/h2-9H,10H2,1H3/t13-,14+/m1/s1. The lowest BCUT2D eigenvalue weighted by molar-refractivity contribution is 0.721. The van der Waals surface area contributed by atoms with Gasteiger partial charge in [-0.15, -0.1) is 22.9 Å². The number of benzene rings is 1. The van der Waals surface area contributed by atoms with E-state index in [2.05, 4.69) is 54.8 Å². The van der Waals surface area contributed by atoms with E-state index in [0.717, 1.165) is 6.42 Å². The van der Waals surface area contributed by atoms with Crippen LogP contribution in [0.1, 0.15) is 23.8 Å². The molecule has 2 heteroatoms. The lowest BCUT2D eigenvalue weighted by Gasteiger charge is -2.16.